The zero-order valence-corrected chi connectivity index (χ0v) is 43.3. The molecule has 0 saturated heterocycles. The standard InChI is InChI=1S/C59H90N2O4/c1-44(2)21-16-23-46(5)25-18-26-48(7)28-20-30-50(9)39-53(36-33-49(8)29-19-27-47(6)24-17-22-45(3)4)61(43-52-35-38-57(63-11)59(41-52)65-13)55-32-15-14-31-54(55)60-42-51-34-37-56(62-10)58(40-51)64-12/h21-22,25,27-28,33-35,37-41,53-55,60H,14-20,23-24,26,29-32,36,42-43H2,1-13H3/b46-25+,47-27?,48-28+,49-33?,50-39+/t53?,54-,55-/m1/s1. The van der Waals surface area contributed by atoms with Gasteiger partial charge in [0.1, 0.15) is 0 Å². The van der Waals surface area contributed by atoms with E-state index in [1.165, 1.54) is 63.0 Å². The van der Waals surface area contributed by atoms with E-state index in [2.05, 4.69) is 145 Å². The zero-order valence-electron chi connectivity index (χ0n) is 43.3. The Morgan fingerprint density at radius 1 is 0.538 bits per heavy atom. The van der Waals surface area contributed by atoms with E-state index >= 15 is 0 Å². The van der Waals surface area contributed by atoms with Crippen LogP contribution in [0, 0.1) is 0 Å². The molecule has 1 aliphatic rings. The van der Waals surface area contributed by atoms with Crippen molar-refractivity contribution in [2.45, 2.75) is 190 Å². The van der Waals surface area contributed by atoms with Gasteiger partial charge in [0.15, 0.2) is 23.0 Å². The summed E-state index contributed by atoms with van der Waals surface area (Å²) >= 11 is 0. The summed E-state index contributed by atoms with van der Waals surface area (Å²) in [6, 6.07) is 13.6. The first-order chi connectivity index (χ1) is 31.3. The van der Waals surface area contributed by atoms with Gasteiger partial charge in [0.2, 0.25) is 0 Å². The number of hydrogen-bond acceptors (Lipinski definition) is 6. The van der Waals surface area contributed by atoms with Crippen LogP contribution in [0.25, 0.3) is 0 Å². The van der Waals surface area contributed by atoms with Crippen LogP contribution in [0.3, 0.4) is 0 Å². The monoisotopic (exact) mass is 891 g/mol. The topological polar surface area (TPSA) is 52.2 Å². The van der Waals surface area contributed by atoms with Gasteiger partial charge in [-0.15, -0.1) is 0 Å². The van der Waals surface area contributed by atoms with Gasteiger partial charge in [-0.25, -0.2) is 0 Å². The van der Waals surface area contributed by atoms with Crippen molar-refractivity contribution in [2.24, 2.45) is 0 Å². The molecule has 2 aromatic rings. The lowest BCUT2D eigenvalue weighted by Crippen LogP contribution is -2.54. The molecule has 65 heavy (non-hydrogen) atoms. The van der Waals surface area contributed by atoms with E-state index in [1.807, 2.05) is 6.07 Å². The molecule has 0 aromatic heterocycles. The van der Waals surface area contributed by atoms with Gasteiger partial charge in [-0.3, -0.25) is 4.90 Å². The third-order valence-corrected chi connectivity index (χ3v) is 12.9. The second-order valence-corrected chi connectivity index (χ2v) is 19.2. The number of hydrogen-bond donors (Lipinski definition) is 1. The van der Waals surface area contributed by atoms with Crippen LogP contribution in [0.4, 0.5) is 0 Å². The Kier molecular flexibility index (Phi) is 26.1. The summed E-state index contributed by atoms with van der Waals surface area (Å²) in [6.45, 7) is 21.9. The minimum Gasteiger partial charge on any atom is -0.493 e. The SMILES string of the molecule is COc1ccc(CN[C@@H]2CCCC[C@H]2N(Cc2ccc(OC)c(OC)c2)C(/C=C(\C)CC/C=C(\C)CC/C=C(\C)CCC=C(C)C)CC=C(C)CCC=C(C)CCC=C(C)C)cc1OC. The van der Waals surface area contributed by atoms with E-state index in [9.17, 15) is 0 Å². The Labute approximate surface area is 398 Å². The number of ether oxygens (including phenoxy) is 4. The number of benzene rings is 2. The van der Waals surface area contributed by atoms with Crippen LogP contribution in [0.2, 0.25) is 0 Å². The lowest BCUT2D eigenvalue weighted by atomic mass is 9.86. The maximum absolute atomic E-state index is 5.85. The molecule has 0 amide bonds. The molecule has 1 saturated carbocycles. The summed E-state index contributed by atoms with van der Waals surface area (Å²) in [6.07, 6.45) is 34.0. The van der Waals surface area contributed by atoms with E-state index in [-0.39, 0.29) is 6.04 Å². The van der Waals surface area contributed by atoms with Crippen molar-refractivity contribution in [3.8, 4) is 23.0 Å². The molecule has 1 N–H and O–H groups in total. The van der Waals surface area contributed by atoms with Gasteiger partial charge in [0.25, 0.3) is 0 Å². The van der Waals surface area contributed by atoms with Crippen molar-refractivity contribution in [3.63, 3.8) is 0 Å². The number of nitrogens with zero attached hydrogens (tertiary/aromatic N) is 1. The lowest BCUT2D eigenvalue weighted by molar-refractivity contribution is 0.0877. The van der Waals surface area contributed by atoms with Crippen molar-refractivity contribution < 1.29 is 18.9 Å². The molecule has 2 aromatic carbocycles. The zero-order chi connectivity index (χ0) is 47.6. The van der Waals surface area contributed by atoms with Crippen LogP contribution >= 0.6 is 0 Å². The highest BCUT2D eigenvalue weighted by Crippen LogP contribution is 2.34. The molecule has 0 radical (unpaired) electrons. The quantitative estimate of drug-likeness (QED) is 0.0821. The molecule has 6 nitrogen and oxygen atoms in total. The highest BCUT2D eigenvalue weighted by Gasteiger charge is 2.33. The lowest BCUT2D eigenvalue weighted by Gasteiger charge is -2.44. The third-order valence-electron chi connectivity index (χ3n) is 12.9. The van der Waals surface area contributed by atoms with Crippen LogP contribution in [0.1, 0.15) is 170 Å². The van der Waals surface area contributed by atoms with Crippen LogP contribution in [0.5, 0.6) is 23.0 Å². The number of rotatable bonds is 29. The van der Waals surface area contributed by atoms with Crippen LogP contribution in [0.15, 0.2) is 118 Å². The van der Waals surface area contributed by atoms with Crippen LogP contribution in [-0.4, -0.2) is 51.5 Å². The summed E-state index contributed by atoms with van der Waals surface area (Å²) in [4.78, 5) is 2.82. The van der Waals surface area contributed by atoms with E-state index in [1.54, 1.807) is 28.4 Å². The number of methoxy groups -OCH3 is 4. The average molecular weight is 891 g/mol. The molecular formula is C59H90N2O4. The van der Waals surface area contributed by atoms with Crippen molar-refractivity contribution >= 4 is 0 Å². The van der Waals surface area contributed by atoms with Crippen molar-refractivity contribution in [3.05, 3.63) is 129 Å². The molecule has 1 aliphatic carbocycles. The predicted octanol–water partition coefficient (Wildman–Crippen LogP) is 15.9. The predicted molar refractivity (Wildman–Crippen MR) is 280 cm³/mol. The van der Waals surface area contributed by atoms with Gasteiger partial charge in [-0.2, -0.15) is 0 Å². The fourth-order valence-electron chi connectivity index (χ4n) is 8.91. The van der Waals surface area contributed by atoms with Crippen LogP contribution in [-0.2, 0) is 13.1 Å². The summed E-state index contributed by atoms with van der Waals surface area (Å²) in [5.41, 5.74) is 12.6. The second-order valence-electron chi connectivity index (χ2n) is 19.2. The second kappa shape index (κ2) is 30.9. The smallest absolute Gasteiger partial charge is 0.161 e. The third kappa shape index (κ3) is 21.3. The molecule has 0 heterocycles. The van der Waals surface area contributed by atoms with Crippen molar-refractivity contribution in [1.82, 2.24) is 10.2 Å². The Bertz CT molecular complexity index is 1940. The van der Waals surface area contributed by atoms with Gasteiger partial charge >= 0.3 is 0 Å². The average Bonchev–Trinajstić information content (AvgIpc) is 3.28. The Hall–Kier alpha value is -4.26. The number of nitrogens with one attached hydrogen (secondary N) is 1. The van der Waals surface area contributed by atoms with Crippen molar-refractivity contribution in [1.29, 1.82) is 0 Å². The number of allylic oxidation sites excluding steroid dienone is 12. The van der Waals surface area contributed by atoms with E-state index < -0.39 is 0 Å². The van der Waals surface area contributed by atoms with Gasteiger partial charge in [0.05, 0.1) is 28.4 Å². The highest BCUT2D eigenvalue weighted by atomic mass is 16.5. The summed E-state index contributed by atoms with van der Waals surface area (Å²) < 4.78 is 22.8. The first-order valence-corrected chi connectivity index (χ1v) is 24.7. The van der Waals surface area contributed by atoms with Gasteiger partial charge in [-0.1, -0.05) is 107 Å². The summed E-state index contributed by atoms with van der Waals surface area (Å²) in [7, 11) is 6.85. The Balaban J connectivity index is 1.97. The molecule has 0 bridgehead atoms. The van der Waals surface area contributed by atoms with E-state index in [4.69, 9.17) is 18.9 Å². The minimum atomic E-state index is 0.220. The molecule has 360 valence electrons. The van der Waals surface area contributed by atoms with Gasteiger partial charge in [-0.05, 0) is 181 Å². The molecule has 1 unspecified atom stereocenters. The van der Waals surface area contributed by atoms with Gasteiger partial charge in [0, 0.05) is 31.2 Å². The Morgan fingerprint density at radius 3 is 1.46 bits per heavy atom. The first-order valence-electron chi connectivity index (χ1n) is 24.7. The largest absolute Gasteiger partial charge is 0.493 e. The maximum atomic E-state index is 5.85. The van der Waals surface area contributed by atoms with Crippen molar-refractivity contribution in [2.75, 3.05) is 28.4 Å². The molecule has 6 heteroatoms. The highest BCUT2D eigenvalue weighted by molar-refractivity contribution is 5.44. The molecule has 3 atom stereocenters. The normalized spacial score (nSPS) is 16.9. The summed E-state index contributed by atoms with van der Waals surface area (Å²) in [5, 5.41) is 4.06. The Morgan fingerprint density at radius 2 is 0.969 bits per heavy atom. The molecule has 0 aliphatic heterocycles. The van der Waals surface area contributed by atoms with Gasteiger partial charge < -0.3 is 24.3 Å². The fourth-order valence-corrected chi connectivity index (χ4v) is 8.91. The van der Waals surface area contributed by atoms with E-state index in [0.29, 0.717) is 12.1 Å². The first kappa shape index (κ1) is 55.1. The molecular weight excluding hydrogens is 801 g/mol. The summed E-state index contributed by atoms with van der Waals surface area (Å²) in [5.74, 6) is 3.06. The van der Waals surface area contributed by atoms with Crippen LogP contribution < -0.4 is 24.3 Å². The minimum absolute atomic E-state index is 0.220. The van der Waals surface area contributed by atoms with E-state index in [0.717, 1.165) is 120 Å². The molecule has 1 fully saturated rings. The maximum Gasteiger partial charge on any atom is 0.161 e. The fraction of sp³-hybridized carbons (Fsp3) is 0.559. The molecule has 3 rings (SSSR count). The molecule has 0 spiro atoms.